The maximum Gasteiger partial charge on any atom is 0.309 e. The van der Waals surface area contributed by atoms with Crippen molar-refractivity contribution in [3.63, 3.8) is 0 Å². The van der Waals surface area contributed by atoms with Crippen molar-refractivity contribution >= 4 is 11.9 Å². The van der Waals surface area contributed by atoms with E-state index < -0.39 is 0 Å². The van der Waals surface area contributed by atoms with Crippen LogP contribution in [-0.2, 0) is 19.1 Å². The summed E-state index contributed by atoms with van der Waals surface area (Å²) in [6.45, 7) is 7.35. The number of hydrogen-bond donors (Lipinski definition) is 0. The molecule has 0 N–H and O–H groups in total. The van der Waals surface area contributed by atoms with Gasteiger partial charge in [0.2, 0.25) is 0 Å². The predicted octanol–water partition coefficient (Wildman–Crippen LogP) is 2.70. The zero-order chi connectivity index (χ0) is 13.7. The second-order valence-corrected chi connectivity index (χ2v) is 5.53. The minimum Gasteiger partial charge on any atom is -0.463 e. The van der Waals surface area contributed by atoms with Crippen molar-refractivity contribution in [2.45, 2.75) is 65.6 Å². The Hall–Kier alpha value is -1.06. The Balaban J connectivity index is 2.50. The molecule has 0 aromatic heterocycles. The van der Waals surface area contributed by atoms with Crippen molar-refractivity contribution < 1.29 is 19.1 Å². The standard InChI is InChI=1S/C14H24O4/c1-9(2)17-13(15)11-6-5-7-12(8-11)14(16)18-10(3)4/h9-12H,5-8H2,1-4H3. The Bertz CT molecular complexity index is 268. The molecule has 1 aliphatic rings. The molecule has 0 spiro atoms. The minimum atomic E-state index is -0.174. The van der Waals surface area contributed by atoms with E-state index in [0.717, 1.165) is 19.3 Å². The highest BCUT2D eigenvalue weighted by molar-refractivity contribution is 5.76. The van der Waals surface area contributed by atoms with Crippen LogP contribution in [0.5, 0.6) is 0 Å². The SMILES string of the molecule is CC(C)OC(=O)C1CCCC(C(=O)OC(C)C)C1. The lowest BCUT2D eigenvalue weighted by Crippen LogP contribution is -2.31. The summed E-state index contributed by atoms with van der Waals surface area (Å²) in [5.74, 6) is -0.643. The third-order valence-corrected chi connectivity index (χ3v) is 3.04. The second kappa shape index (κ2) is 6.76. The fraction of sp³-hybridized carbons (Fsp3) is 0.857. The molecule has 18 heavy (non-hydrogen) atoms. The zero-order valence-electron chi connectivity index (χ0n) is 11.8. The summed E-state index contributed by atoms with van der Waals surface area (Å²) in [5.41, 5.74) is 0. The molecule has 4 nitrogen and oxygen atoms in total. The van der Waals surface area contributed by atoms with E-state index in [0.29, 0.717) is 6.42 Å². The van der Waals surface area contributed by atoms with Gasteiger partial charge in [0, 0.05) is 0 Å². The molecule has 2 unspecified atom stereocenters. The molecule has 1 saturated carbocycles. The first-order chi connectivity index (χ1) is 8.40. The van der Waals surface area contributed by atoms with E-state index in [1.807, 2.05) is 27.7 Å². The summed E-state index contributed by atoms with van der Waals surface area (Å²) >= 11 is 0. The van der Waals surface area contributed by atoms with E-state index in [1.165, 1.54) is 0 Å². The molecule has 0 bridgehead atoms. The lowest BCUT2D eigenvalue weighted by atomic mass is 9.81. The Morgan fingerprint density at radius 1 is 0.889 bits per heavy atom. The van der Waals surface area contributed by atoms with Crippen molar-refractivity contribution in [1.29, 1.82) is 0 Å². The van der Waals surface area contributed by atoms with Gasteiger partial charge >= 0.3 is 11.9 Å². The quantitative estimate of drug-likeness (QED) is 0.726. The highest BCUT2D eigenvalue weighted by Crippen LogP contribution is 2.31. The molecular weight excluding hydrogens is 232 g/mol. The van der Waals surface area contributed by atoms with Gasteiger partial charge in [0.05, 0.1) is 24.0 Å². The van der Waals surface area contributed by atoms with E-state index in [1.54, 1.807) is 0 Å². The molecule has 104 valence electrons. The van der Waals surface area contributed by atoms with Gasteiger partial charge in [0.25, 0.3) is 0 Å². The predicted molar refractivity (Wildman–Crippen MR) is 67.9 cm³/mol. The minimum absolute atomic E-state index is 0.0968. The topological polar surface area (TPSA) is 52.6 Å². The normalized spacial score (nSPS) is 24.1. The second-order valence-electron chi connectivity index (χ2n) is 5.53. The van der Waals surface area contributed by atoms with Crippen LogP contribution >= 0.6 is 0 Å². The average Bonchev–Trinajstić information content (AvgIpc) is 2.27. The van der Waals surface area contributed by atoms with Gasteiger partial charge in [-0.25, -0.2) is 0 Å². The van der Waals surface area contributed by atoms with Crippen LogP contribution in [0.25, 0.3) is 0 Å². The number of carbonyl (C=O) groups excluding carboxylic acids is 2. The average molecular weight is 256 g/mol. The summed E-state index contributed by atoms with van der Waals surface area (Å²) in [5, 5.41) is 0. The van der Waals surface area contributed by atoms with Gasteiger partial charge in [-0.05, 0) is 47.0 Å². The largest absolute Gasteiger partial charge is 0.463 e. The maximum absolute atomic E-state index is 11.8. The van der Waals surface area contributed by atoms with E-state index in [4.69, 9.17) is 9.47 Å². The van der Waals surface area contributed by atoms with Crippen LogP contribution in [0.15, 0.2) is 0 Å². The summed E-state index contributed by atoms with van der Waals surface area (Å²) < 4.78 is 10.4. The Kier molecular flexibility index (Phi) is 5.63. The first-order valence-corrected chi connectivity index (χ1v) is 6.81. The third kappa shape index (κ3) is 4.67. The van der Waals surface area contributed by atoms with Gasteiger partial charge in [-0.15, -0.1) is 0 Å². The van der Waals surface area contributed by atoms with Gasteiger partial charge in [0.1, 0.15) is 0 Å². The van der Waals surface area contributed by atoms with Crippen molar-refractivity contribution in [2.75, 3.05) is 0 Å². The van der Waals surface area contributed by atoms with Gasteiger partial charge < -0.3 is 9.47 Å². The summed E-state index contributed by atoms with van der Waals surface area (Å²) in [4.78, 5) is 23.6. The van der Waals surface area contributed by atoms with Crippen LogP contribution in [0.2, 0.25) is 0 Å². The molecule has 1 fully saturated rings. The van der Waals surface area contributed by atoms with Crippen LogP contribution in [0.4, 0.5) is 0 Å². The van der Waals surface area contributed by atoms with Gasteiger partial charge in [0.15, 0.2) is 0 Å². The highest BCUT2D eigenvalue weighted by atomic mass is 16.5. The molecule has 2 atom stereocenters. The zero-order valence-corrected chi connectivity index (χ0v) is 11.8. The fourth-order valence-corrected chi connectivity index (χ4v) is 2.28. The molecule has 0 radical (unpaired) electrons. The van der Waals surface area contributed by atoms with Gasteiger partial charge in [-0.2, -0.15) is 0 Å². The molecule has 4 heteroatoms. The maximum atomic E-state index is 11.8. The third-order valence-electron chi connectivity index (χ3n) is 3.04. The molecule has 0 saturated heterocycles. The first kappa shape index (κ1) is 15.0. The van der Waals surface area contributed by atoms with E-state index in [-0.39, 0.29) is 36.0 Å². The molecule has 0 amide bonds. The summed E-state index contributed by atoms with van der Waals surface area (Å²) in [6.07, 6.45) is 2.89. The lowest BCUT2D eigenvalue weighted by Gasteiger charge is -2.27. The van der Waals surface area contributed by atoms with Crippen LogP contribution in [0.3, 0.4) is 0 Å². The summed E-state index contributed by atoms with van der Waals surface area (Å²) in [6, 6.07) is 0. The molecule has 0 heterocycles. The van der Waals surface area contributed by atoms with Crippen LogP contribution in [0.1, 0.15) is 53.4 Å². The van der Waals surface area contributed by atoms with E-state index >= 15 is 0 Å². The summed E-state index contributed by atoms with van der Waals surface area (Å²) in [7, 11) is 0. The van der Waals surface area contributed by atoms with Crippen molar-refractivity contribution in [3.05, 3.63) is 0 Å². The molecular formula is C14H24O4. The monoisotopic (exact) mass is 256 g/mol. The van der Waals surface area contributed by atoms with Crippen molar-refractivity contribution in [3.8, 4) is 0 Å². The lowest BCUT2D eigenvalue weighted by molar-refractivity contribution is -0.158. The molecule has 0 aromatic carbocycles. The van der Waals surface area contributed by atoms with Crippen LogP contribution < -0.4 is 0 Å². The molecule has 0 aliphatic heterocycles. The van der Waals surface area contributed by atoms with Gasteiger partial charge in [-0.3, -0.25) is 9.59 Å². The number of carbonyl (C=O) groups is 2. The molecule has 0 aromatic rings. The van der Waals surface area contributed by atoms with E-state index in [2.05, 4.69) is 0 Å². The van der Waals surface area contributed by atoms with Crippen molar-refractivity contribution in [2.24, 2.45) is 11.8 Å². The van der Waals surface area contributed by atoms with Crippen LogP contribution in [0, 0.1) is 11.8 Å². The Morgan fingerprint density at radius 3 is 1.61 bits per heavy atom. The number of esters is 2. The van der Waals surface area contributed by atoms with Crippen LogP contribution in [-0.4, -0.2) is 24.1 Å². The molecule has 1 aliphatic carbocycles. The Labute approximate surface area is 109 Å². The smallest absolute Gasteiger partial charge is 0.309 e. The Morgan fingerprint density at radius 2 is 1.28 bits per heavy atom. The number of hydrogen-bond acceptors (Lipinski definition) is 4. The van der Waals surface area contributed by atoms with Crippen molar-refractivity contribution in [1.82, 2.24) is 0 Å². The van der Waals surface area contributed by atoms with E-state index in [9.17, 15) is 9.59 Å². The first-order valence-electron chi connectivity index (χ1n) is 6.81. The highest BCUT2D eigenvalue weighted by Gasteiger charge is 2.33. The number of ether oxygens (including phenoxy) is 2. The van der Waals surface area contributed by atoms with Gasteiger partial charge in [-0.1, -0.05) is 6.42 Å². The molecule has 1 rings (SSSR count). The number of rotatable bonds is 4. The fourth-order valence-electron chi connectivity index (χ4n) is 2.28.